The van der Waals surface area contributed by atoms with Crippen LogP contribution in [0.2, 0.25) is 5.02 Å². The first-order valence-electron chi connectivity index (χ1n) is 14.9. The minimum absolute atomic E-state index is 0.0160. The fourth-order valence-electron chi connectivity index (χ4n) is 5.95. The number of ether oxygens (including phenoxy) is 3. The van der Waals surface area contributed by atoms with Gasteiger partial charge >= 0.3 is 0 Å². The molecule has 3 atom stereocenters. The van der Waals surface area contributed by atoms with Crippen LogP contribution < -0.4 is 15.4 Å². The Morgan fingerprint density at radius 1 is 1.11 bits per heavy atom. The van der Waals surface area contributed by atoms with Crippen molar-refractivity contribution in [3.63, 3.8) is 0 Å². The Morgan fingerprint density at radius 3 is 2.62 bits per heavy atom. The molecule has 45 heavy (non-hydrogen) atoms. The van der Waals surface area contributed by atoms with Crippen molar-refractivity contribution in [2.75, 3.05) is 39.7 Å². The van der Waals surface area contributed by atoms with Gasteiger partial charge < -0.3 is 34.6 Å². The normalized spacial score (nSPS) is 21.2. The number of carbonyl (C=O) groups excluding carboxylic acids is 2. The Morgan fingerprint density at radius 2 is 1.87 bits per heavy atom. The predicted octanol–water partition coefficient (Wildman–Crippen LogP) is 5.31. The molecule has 3 aromatic carbocycles. The van der Waals surface area contributed by atoms with Crippen LogP contribution in [0.3, 0.4) is 0 Å². The Labute approximate surface area is 266 Å². The van der Waals surface area contributed by atoms with Crippen LogP contribution >= 0.6 is 11.6 Å². The maximum atomic E-state index is 15.5. The minimum atomic E-state index is -0.520. The van der Waals surface area contributed by atoms with Crippen molar-refractivity contribution in [3.8, 4) is 28.0 Å². The highest BCUT2D eigenvalue weighted by molar-refractivity contribution is 6.36. The monoisotopic (exact) mass is 634 g/mol. The van der Waals surface area contributed by atoms with Crippen LogP contribution in [0.25, 0.3) is 22.3 Å². The van der Waals surface area contributed by atoms with Gasteiger partial charge in [-0.2, -0.15) is 0 Å². The number of methoxy groups -OCH3 is 1. The second-order valence-electron chi connectivity index (χ2n) is 11.6. The van der Waals surface area contributed by atoms with Gasteiger partial charge in [-0.25, -0.2) is 4.39 Å². The number of hydrogen-bond acceptors (Lipinski definition) is 7. The molecule has 2 unspecified atom stereocenters. The van der Waals surface area contributed by atoms with Gasteiger partial charge in [0, 0.05) is 61.9 Å². The topological polar surface area (TPSA) is 95.7 Å². The van der Waals surface area contributed by atoms with Crippen molar-refractivity contribution < 1.29 is 28.2 Å². The van der Waals surface area contributed by atoms with Crippen LogP contribution in [-0.4, -0.2) is 74.5 Å². The minimum Gasteiger partial charge on any atom is -0.496 e. The van der Waals surface area contributed by atoms with E-state index >= 15 is 4.39 Å². The number of carbonyl (C=O) groups is 2. The molecule has 9 nitrogen and oxygen atoms in total. The van der Waals surface area contributed by atoms with E-state index in [1.54, 1.807) is 31.1 Å². The number of fused-ring (bicyclic) bond motifs is 1. The second-order valence-corrected chi connectivity index (χ2v) is 12.0. The molecule has 0 aliphatic carbocycles. The van der Waals surface area contributed by atoms with Crippen molar-refractivity contribution in [3.05, 3.63) is 82.3 Å². The van der Waals surface area contributed by atoms with Gasteiger partial charge in [0.1, 0.15) is 17.1 Å². The largest absolute Gasteiger partial charge is 0.496 e. The van der Waals surface area contributed by atoms with E-state index < -0.39 is 17.6 Å². The average Bonchev–Trinajstić information content (AvgIpc) is 3.85. The lowest BCUT2D eigenvalue weighted by atomic mass is 9.94. The molecular weight excluding hydrogens is 599 g/mol. The molecule has 3 heterocycles. The molecule has 2 N–H and O–H groups in total. The highest BCUT2D eigenvalue weighted by Crippen LogP contribution is 2.41. The first-order chi connectivity index (χ1) is 21.7. The SMILES string of the molecule is COc1cc(-c2cccc(-c3cccc(NC(=O)C4=CN(C)C5OC5N(C)C4=O)c3C)c2Cl)cc(F)c1CN[C@H]1CCCOC1. The number of epoxide rings is 1. The maximum Gasteiger partial charge on any atom is 0.262 e. The zero-order valence-corrected chi connectivity index (χ0v) is 26.4. The van der Waals surface area contributed by atoms with Gasteiger partial charge in [-0.05, 0) is 54.7 Å². The second kappa shape index (κ2) is 12.8. The van der Waals surface area contributed by atoms with Gasteiger partial charge in [0.05, 0.1) is 18.7 Å². The third-order valence-electron chi connectivity index (χ3n) is 8.64. The standard InChI is InChI=1S/C34H36ClFN4O5/c1-19-22(9-6-12-28(19)38-31(41)26-17-39(2)33-34(45-33)40(3)32(26)42)24-11-5-10-23(30(24)35)20-14-27(36)25(29(15-20)43-4)16-37-21-8-7-13-44-18-21/h5-6,9-12,14-15,17,21,33-34,37H,7-8,13,16,18H2,1-4H3,(H,38,41)/t21-,33?,34?/m0/s1. The molecule has 11 heteroatoms. The summed E-state index contributed by atoms with van der Waals surface area (Å²) in [6.07, 6.45) is 2.84. The summed E-state index contributed by atoms with van der Waals surface area (Å²) in [5.74, 6) is -0.896. The zero-order valence-electron chi connectivity index (χ0n) is 25.7. The van der Waals surface area contributed by atoms with Crippen LogP contribution in [0.4, 0.5) is 10.1 Å². The summed E-state index contributed by atoms with van der Waals surface area (Å²) < 4.78 is 32.2. The van der Waals surface area contributed by atoms with Crippen LogP contribution in [0.15, 0.2) is 60.3 Å². The van der Waals surface area contributed by atoms with Gasteiger partial charge in [0.25, 0.3) is 11.8 Å². The molecule has 0 radical (unpaired) electrons. The molecule has 2 amide bonds. The van der Waals surface area contributed by atoms with Crippen molar-refractivity contribution in [1.29, 1.82) is 0 Å². The van der Waals surface area contributed by atoms with Crippen molar-refractivity contribution in [1.82, 2.24) is 15.1 Å². The van der Waals surface area contributed by atoms with Crippen LogP contribution in [-0.2, 0) is 25.6 Å². The first-order valence-corrected chi connectivity index (χ1v) is 15.3. The Balaban J connectivity index is 1.26. The molecule has 2 fully saturated rings. The van der Waals surface area contributed by atoms with E-state index in [0.29, 0.717) is 51.9 Å². The van der Waals surface area contributed by atoms with Gasteiger partial charge in [0.2, 0.25) is 0 Å². The fraction of sp³-hybridized carbons (Fsp3) is 0.353. The number of nitrogens with one attached hydrogen (secondary N) is 2. The molecule has 0 saturated carbocycles. The van der Waals surface area contributed by atoms with E-state index in [9.17, 15) is 9.59 Å². The van der Waals surface area contributed by atoms with E-state index in [-0.39, 0.29) is 24.1 Å². The summed E-state index contributed by atoms with van der Waals surface area (Å²) in [5.41, 5.74) is 4.48. The molecule has 3 aliphatic heterocycles. The summed E-state index contributed by atoms with van der Waals surface area (Å²) in [6.45, 7) is 3.56. The van der Waals surface area contributed by atoms with Gasteiger partial charge in [-0.15, -0.1) is 0 Å². The fourth-order valence-corrected chi connectivity index (χ4v) is 6.29. The summed E-state index contributed by atoms with van der Waals surface area (Å²) in [4.78, 5) is 29.5. The van der Waals surface area contributed by atoms with Crippen LogP contribution in [0.5, 0.6) is 5.75 Å². The van der Waals surface area contributed by atoms with E-state index in [2.05, 4.69) is 10.6 Å². The van der Waals surface area contributed by atoms with E-state index in [1.165, 1.54) is 24.3 Å². The average molecular weight is 635 g/mol. The lowest BCUT2D eigenvalue weighted by molar-refractivity contribution is -0.129. The van der Waals surface area contributed by atoms with Gasteiger partial charge in [0.15, 0.2) is 12.5 Å². The van der Waals surface area contributed by atoms with E-state index in [1.807, 2.05) is 37.3 Å². The summed E-state index contributed by atoms with van der Waals surface area (Å²) in [7, 11) is 4.91. The number of amides is 2. The number of benzene rings is 3. The number of anilines is 1. The third-order valence-corrected chi connectivity index (χ3v) is 9.05. The predicted molar refractivity (Wildman–Crippen MR) is 170 cm³/mol. The number of rotatable bonds is 8. The molecule has 6 rings (SSSR count). The zero-order chi connectivity index (χ0) is 31.8. The summed E-state index contributed by atoms with van der Waals surface area (Å²) in [6, 6.07) is 14.5. The Bertz CT molecular complexity index is 1670. The first kappa shape index (κ1) is 31.0. The molecule has 0 spiro atoms. The highest BCUT2D eigenvalue weighted by Gasteiger charge is 2.50. The number of likely N-dealkylation sites (N-methyl/N-ethyl adjacent to an activating group) is 2. The third kappa shape index (κ3) is 6.15. The van der Waals surface area contributed by atoms with E-state index in [4.69, 9.17) is 25.8 Å². The van der Waals surface area contributed by atoms with Gasteiger partial charge in [-0.3, -0.25) is 9.59 Å². The van der Waals surface area contributed by atoms with E-state index in [0.717, 1.165) is 30.6 Å². The summed E-state index contributed by atoms with van der Waals surface area (Å²) in [5, 5.41) is 6.72. The highest BCUT2D eigenvalue weighted by atomic mass is 35.5. The maximum absolute atomic E-state index is 15.5. The smallest absolute Gasteiger partial charge is 0.262 e. The lowest BCUT2D eigenvalue weighted by Gasteiger charge is -2.24. The van der Waals surface area contributed by atoms with Crippen LogP contribution in [0.1, 0.15) is 24.0 Å². The number of halogens is 2. The number of hydrogen-bond donors (Lipinski definition) is 2. The summed E-state index contributed by atoms with van der Waals surface area (Å²) >= 11 is 7.01. The van der Waals surface area contributed by atoms with Crippen molar-refractivity contribution >= 4 is 29.1 Å². The molecule has 236 valence electrons. The molecule has 2 saturated heterocycles. The Hall–Kier alpha value is -3.96. The van der Waals surface area contributed by atoms with Crippen molar-refractivity contribution in [2.45, 2.75) is 44.8 Å². The molecule has 3 aromatic rings. The molecule has 0 bridgehead atoms. The van der Waals surface area contributed by atoms with Crippen LogP contribution in [0, 0.1) is 12.7 Å². The molecule has 0 aromatic heterocycles. The molecular formula is C34H36ClFN4O5. The van der Waals surface area contributed by atoms with Crippen molar-refractivity contribution in [2.24, 2.45) is 0 Å². The van der Waals surface area contributed by atoms with Gasteiger partial charge in [-0.1, -0.05) is 41.9 Å². The lowest BCUT2D eigenvalue weighted by Crippen LogP contribution is -2.36. The number of nitrogens with zero attached hydrogens (tertiary/aromatic N) is 2. The molecule has 3 aliphatic rings. The quantitative estimate of drug-likeness (QED) is 0.256. The Kier molecular flexibility index (Phi) is 8.83.